The normalized spacial score (nSPS) is 21.9. The van der Waals surface area contributed by atoms with Gasteiger partial charge in [0.25, 0.3) is 0 Å². The standard InChI is InChI=1S/C18H29NO/c1-12(2)10-19-11-15-6-7-16(15)17-8-14(4)18(20-5)9-13(17)3/h8-9,12,15-16,19H,6-7,10-11H2,1-5H3. The van der Waals surface area contributed by atoms with Crippen molar-refractivity contribution in [1.82, 2.24) is 5.32 Å². The fraction of sp³-hybridized carbons (Fsp3) is 0.667. The smallest absolute Gasteiger partial charge is 0.122 e. The minimum absolute atomic E-state index is 0.735. The molecule has 0 amide bonds. The van der Waals surface area contributed by atoms with Crippen LogP contribution in [0.15, 0.2) is 12.1 Å². The lowest BCUT2D eigenvalue weighted by molar-refractivity contribution is 0.242. The molecule has 1 aliphatic rings. The van der Waals surface area contributed by atoms with Gasteiger partial charge < -0.3 is 10.1 Å². The minimum Gasteiger partial charge on any atom is -0.496 e. The SMILES string of the molecule is COc1cc(C)c(C2CCC2CNCC(C)C)cc1C. The van der Waals surface area contributed by atoms with Crippen molar-refractivity contribution in [2.24, 2.45) is 11.8 Å². The second-order valence-electron chi connectivity index (χ2n) is 6.67. The quantitative estimate of drug-likeness (QED) is 0.845. The Labute approximate surface area is 123 Å². The van der Waals surface area contributed by atoms with Crippen molar-refractivity contribution in [2.75, 3.05) is 20.2 Å². The Kier molecular flexibility index (Phi) is 5.09. The zero-order valence-electron chi connectivity index (χ0n) is 13.6. The number of aryl methyl sites for hydroxylation is 2. The number of rotatable bonds is 6. The highest BCUT2D eigenvalue weighted by atomic mass is 16.5. The maximum absolute atomic E-state index is 5.42. The summed E-state index contributed by atoms with van der Waals surface area (Å²) in [4.78, 5) is 0. The lowest BCUT2D eigenvalue weighted by Crippen LogP contribution is -2.35. The van der Waals surface area contributed by atoms with Crippen LogP contribution in [0.1, 0.15) is 49.3 Å². The van der Waals surface area contributed by atoms with E-state index in [2.05, 4.69) is 45.1 Å². The predicted molar refractivity (Wildman–Crippen MR) is 85.6 cm³/mol. The van der Waals surface area contributed by atoms with E-state index < -0.39 is 0 Å². The molecule has 2 unspecified atom stereocenters. The molecule has 0 aliphatic heterocycles. The lowest BCUT2D eigenvalue weighted by Gasteiger charge is -2.38. The number of methoxy groups -OCH3 is 1. The number of benzene rings is 1. The van der Waals surface area contributed by atoms with Crippen LogP contribution in [-0.2, 0) is 0 Å². The number of hydrogen-bond acceptors (Lipinski definition) is 2. The van der Waals surface area contributed by atoms with Crippen LogP contribution in [0.3, 0.4) is 0 Å². The van der Waals surface area contributed by atoms with Gasteiger partial charge in [-0.15, -0.1) is 0 Å². The molecule has 2 atom stereocenters. The Morgan fingerprint density at radius 2 is 1.95 bits per heavy atom. The fourth-order valence-electron chi connectivity index (χ4n) is 3.21. The van der Waals surface area contributed by atoms with Crippen LogP contribution in [0.25, 0.3) is 0 Å². The Morgan fingerprint density at radius 3 is 2.50 bits per heavy atom. The molecule has 0 heterocycles. The second-order valence-corrected chi connectivity index (χ2v) is 6.67. The summed E-state index contributed by atoms with van der Waals surface area (Å²) in [5.41, 5.74) is 4.17. The second kappa shape index (κ2) is 6.62. The molecule has 0 radical (unpaired) electrons. The molecular weight excluding hydrogens is 246 g/mol. The van der Waals surface area contributed by atoms with E-state index in [1.807, 2.05) is 0 Å². The lowest BCUT2D eigenvalue weighted by atomic mass is 9.68. The minimum atomic E-state index is 0.735. The van der Waals surface area contributed by atoms with E-state index in [9.17, 15) is 0 Å². The summed E-state index contributed by atoms with van der Waals surface area (Å²) in [5, 5.41) is 3.62. The first-order valence-corrected chi connectivity index (χ1v) is 7.88. The molecule has 1 saturated carbocycles. The van der Waals surface area contributed by atoms with E-state index in [0.29, 0.717) is 0 Å². The third-order valence-corrected chi connectivity index (χ3v) is 4.56. The van der Waals surface area contributed by atoms with Gasteiger partial charge in [0.15, 0.2) is 0 Å². The van der Waals surface area contributed by atoms with Crippen molar-refractivity contribution in [3.8, 4) is 5.75 Å². The van der Waals surface area contributed by atoms with Crippen LogP contribution >= 0.6 is 0 Å². The number of hydrogen-bond donors (Lipinski definition) is 1. The van der Waals surface area contributed by atoms with Crippen LogP contribution in [0, 0.1) is 25.7 Å². The Balaban J connectivity index is 2.02. The van der Waals surface area contributed by atoms with E-state index in [0.717, 1.165) is 36.6 Å². The summed E-state index contributed by atoms with van der Waals surface area (Å²) in [5.74, 6) is 3.29. The molecule has 2 rings (SSSR count). The maximum atomic E-state index is 5.42. The van der Waals surface area contributed by atoms with E-state index in [-0.39, 0.29) is 0 Å². The summed E-state index contributed by atoms with van der Waals surface area (Å²) < 4.78 is 5.42. The van der Waals surface area contributed by atoms with Crippen LogP contribution < -0.4 is 10.1 Å². The molecule has 1 fully saturated rings. The average molecular weight is 275 g/mol. The molecule has 1 aliphatic carbocycles. The van der Waals surface area contributed by atoms with Gasteiger partial charge in [-0.2, -0.15) is 0 Å². The number of ether oxygens (including phenoxy) is 1. The average Bonchev–Trinajstić information content (AvgIpc) is 2.36. The fourth-order valence-corrected chi connectivity index (χ4v) is 3.21. The highest BCUT2D eigenvalue weighted by Crippen LogP contribution is 2.44. The molecule has 20 heavy (non-hydrogen) atoms. The first-order chi connectivity index (χ1) is 9.52. The van der Waals surface area contributed by atoms with Gasteiger partial charge >= 0.3 is 0 Å². The van der Waals surface area contributed by atoms with E-state index in [4.69, 9.17) is 4.74 Å². The molecular formula is C18H29NO. The maximum Gasteiger partial charge on any atom is 0.122 e. The molecule has 1 aromatic carbocycles. The molecule has 0 aromatic heterocycles. The highest BCUT2D eigenvalue weighted by Gasteiger charge is 2.32. The highest BCUT2D eigenvalue weighted by molar-refractivity contribution is 5.43. The largest absolute Gasteiger partial charge is 0.496 e. The summed E-state index contributed by atoms with van der Waals surface area (Å²) >= 11 is 0. The van der Waals surface area contributed by atoms with Gasteiger partial charge in [0.05, 0.1) is 7.11 Å². The zero-order chi connectivity index (χ0) is 14.7. The monoisotopic (exact) mass is 275 g/mol. The van der Waals surface area contributed by atoms with Crippen molar-refractivity contribution in [3.05, 3.63) is 28.8 Å². The summed E-state index contributed by atoms with van der Waals surface area (Å²) in [6.07, 6.45) is 2.70. The molecule has 1 N–H and O–H groups in total. The molecule has 2 nitrogen and oxygen atoms in total. The third kappa shape index (κ3) is 3.35. The van der Waals surface area contributed by atoms with Gasteiger partial charge in [0.1, 0.15) is 5.75 Å². The van der Waals surface area contributed by atoms with Crippen LogP contribution in [0.2, 0.25) is 0 Å². The summed E-state index contributed by atoms with van der Waals surface area (Å²) in [6, 6.07) is 4.54. The van der Waals surface area contributed by atoms with E-state index >= 15 is 0 Å². The van der Waals surface area contributed by atoms with Crippen molar-refractivity contribution >= 4 is 0 Å². The van der Waals surface area contributed by atoms with Gasteiger partial charge in [-0.1, -0.05) is 19.9 Å². The van der Waals surface area contributed by atoms with Gasteiger partial charge in [0.2, 0.25) is 0 Å². The third-order valence-electron chi connectivity index (χ3n) is 4.56. The van der Waals surface area contributed by atoms with Crippen molar-refractivity contribution in [3.63, 3.8) is 0 Å². The Morgan fingerprint density at radius 1 is 1.20 bits per heavy atom. The van der Waals surface area contributed by atoms with Gasteiger partial charge in [-0.3, -0.25) is 0 Å². The van der Waals surface area contributed by atoms with Gasteiger partial charge in [0, 0.05) is 0 Å². The molecule has 0 bridgehead atoms. The van der Waals surface area contributed by atoms with Crippen molar-refractivity contribution in [2.45, 2.75) is 46.5 Å². The Bertz CT molecular complexity index is 453. The summed E-state index contributed by atoms with van der Waals surface area (Å²) in [7, 11) is 1.75. The first kappa shape index (κ1) is 15.4. The summed E-state index contributed by atoms with van der Waals surface area (Å²) in [6.45, 7) is 11.2. The number of nitrogens with one attached hydrogen (secondary N) is 1. The van der Waals surface area contributed by atoms with Crippen molar-refractivity contribution < 1.29 is 4.74 Å². The topological polar surface area (TPSA) is 21.3 Å². The molecule has 0 spiro atoms. The molecule has 112 valence electrons. The molecule has 1 aromatic rings. The van der Waals surface area contributed by atoms with E-state index in [1.165, 1.54) is 29.5 Å². The van der Waals surface area contributed by atoms with Crippen LogP contribution in [0.4, 0.5) is 0 Å². The van der Waals surface area contributed by atoms with Gasteiger partial charge in [-0.05, 0) is 80.3 Å². The first-order valence-electron chi connectivity index (χ1n) is 7.88. The van der Waals surface area contributed by atoms with Crippen LogP contribution in [-0.4, -0.2) is 20.2 Å². The van der Waals surface area contributed by atoms with Gasteiger partial charge in [-0.25, -0.2) is 0 Å². The van der Waals surface area contributed by atoms with E-state index in [1.54, 1.807) is 7.11 Å². The molecule has 2 heteroatoms. The molecule has 0 saturated heterocycles. The van der Waals surface area contributed by atoms with Crippen LogP contribution in [0.5, 0.6) is 5.75 Å². The predicted octanol–water partition coefficient (Wildman–Crippen LogP) is 4.05. The zero-order valence-corrected chi connectivity index (χ0v) is 13.6. The Hall–Kier alpha value is -1.02. The van der Waals surface area contributed by atoms with Crippen molar-refractivity contribution in [1.29, 1.82) is 0 Å².